The topological polar surface area (TPSA) is 109 Å². The zero-order valence-electron chi connectivity index (χ0n) is 19.3. The van der Waals surface area contributed by atoms with Crippen molar-refractivity contribution in [2.75, 3.05) is 0 Å². The van der Waals surface area contributed by atoms with Crippen LogP contribution in [0.2, 0.25) is 0 Å². The Morgan fingerprint density at radius 3 is 2.56 bits per heavy atom. The van der Waals surface area contributed by atoms with Crippen LogP contribution >= 0.6 is 0 Å². The van der Waals surface area contributed by atoms with Crippen LogP contribution in [0.25, 0.3) is 17.0 Å². The molecule has 0 saturated carbocycles. The maximum absolute atomic E-state index is 14.8. The van der Waals surface area contributed by atoms with Gasteiger partial charge < -0.3 is 11.1 Å². The van der Waals surface area contributed by atoms with Gasteiger partial charge in [0.2, 0.25) is 0 Å². The fraction of sp³-hybridized carbons (Fsp3) is 0.200. The van der Waals surface area contributed by atoms with Gasteiger partial charge in [-0.25, -0.2) is 4.39 Å². The van der Waals surface area contributed by atoms with Gasteiger partial charge in [0, 0.05) is 25.0 Å². The number of nitrogens with zero attached hydrogens (tertiary/aromatic N) is 4. The van der Waals surface area contributed by atoms with Gasteiger partial charge in [-0.1, -0.05) is 30.3 Å². The number of hydrogen-bond donors (Lipinski definition) is 2. The van der Waals surface area contributed by atoms with E-state index >= 15 is 0 Å². The van der Waals surface area contributed by atoms with Crippen molar-refractivity contribution < 1.29 is 22.4 Å². The Kier molecular flexibility index (Phi) is 7.89. The molecule has 3 N–H and O–H groups in total. The third-order valence-electron chi connectivity index (χ3n) is 5.11. The number of allylic oxidation sites excluding steroid dienone is 1. The average molecular weight is 498 g/mol. The summed E-state index contributed by atoms with van der Waals surface area (Å²) in [5.41, 5.74) is 4.40. The van der Waals surface area contributed by atoms with E-state index in [0.717, 1.165) is 6.07 Å². The van der Waals surface area contributed by atoms with E-state index in [2.05, 4.69) is 15.4 Å². The maximum Gasteiger partial charge on any atom is 0.417 e. The summed E-state index contributed by atoms with van der Waals surface area (Å²) in [7, 11) is 1.52. The molecule has 0 radical (unpaired) electrons. The summed E-state index contributed by atoms with van der Waals surface area (Å²) in [5, 5.41) is 15.3. The van der Waals surface area contributed by atoms with Crippen LogP contribution in [-0.2, 0) is 13.2 Å². The lowest BCUT2D eigenvalue weighted by atomic mass is 9.99. The van der Waals surface area contributed by atoms with Crippen molar-refractivity contribution in [1.82, 2.24) is 15.1 Å². The van der Waals surface area contributed by atoms with Gasteiger partial charge in [0.05, 0.1) is 46.7 Å². The normalized spacial score (nSPS) is 13.2. The van der Waals surface area contributed by atoms with Crippen LogP contribution in [0.4, 0.5) is 17.6 Å². The molecule has 1 heterocycles. The minimum Gasteiger partial charge on any atom is -0.397 e. The molecule has 0 aliphatic rings. The molecule has 1 atom stereocenters. The Morgan fingerprint density at radius 1 is 1.28 bits per heavy atom. The van der Waals surface area contributed by atoms with Gasteiger partial charge in [0.1, 0.15) is 5.82 Å². The first kappa shape index (κ1) is 26.2. The van der Waals surface area contributed by atoms with Gasteiger partial charge in [0.25, 0.3) is 5.91 Å². The second-order valence-electron chi connectivity index (χ2n) is 7.89. The Labute approximate surface area is 204 Å². The van der Waals surface area contributed by atoms with Crippen LogP contribution in [0.15, 0.2) is 65.4 Å². The highest BCUT2D eigenvalue weighted by molar-refractivity contribution is 6.02. The highest BCUT2D eigenvalue weighted by Crippen LogP contribution is 2.38. The molecule has 11 heteroatoms. The molecular weight excluding hydrogens is 476 g/mol. The number of benzene rings is 2. The highest BCUT2D eigenvalue weighted by Gasteiger charge is 2.36. The number of rotatable bonds is 7. The quantitative estimate of drug-likeness (QED) is 0.364. The number of aromatic nitrogens is 2. The fourth-order valence-electron chi connectivity index (χ4n) is 3.27. The number of amides is 1. The van der Waals surface area contributed by atoms with Crippen molar-refractivity contribution >= 4 is 17.8 Å². The van der Waals surface area contributed by atoms with Crippen molar-refractivity contribution in [2.24, 2.45) is 17.8 Å². The molecule has 3 aromatic rings. The smallest absolute Gasteiger partial charge is 0.397 e. The predicted octanol–water partition coefficient (Wildman–Crippen LogP) is 4.68. The van der Waals surface area contributed by atoms with Gasteiger partial charge in [-0.2, -0.15) is 23.5 Å². The van der Waals surface area contributed by atoms with Gasteiger partial charge in [-0.05, 0) is 30.7 Å². The molecule has 3 rings (SSSR count). The van der Waals surface area contributed by atoms with Gasteiger partial charge in [-0.3, -0.25) is 14.5 Å². The summed E-state index contributed by atoms with van der Waals surface area (Å²) in [6.07, 6.45) is -2.11. The average Bonchev–Trinajstić information content (AvgIpc) is 3.27. The Balaban J connectivity index is 2.07. The number of nitriles is 1. The second kappa shape index (κ2) is 10.9. The molecule has 0 bridgehead atoms. The second-order valence-corrected chi connectivity index (χ2v) is 7.89. The number of alkyl halides is 3. The van der Waals surface area contributed by atoms with E-state index < -0.39 is 40.6 Å². The lowest BCUT2D eigenvalue weighted by Crippen LogP contribution is -2.28. The number of halogens is 4. The van der Waals surface area contributed by atoms with E-state index in [1.165, 1.54) is 30.2 Å². The van der Waals surface area contributed by atoms with E-state index in [1.54, 1.807) is 37.3 Å². The molecule has 36 heavy (non-hydrogen) atoms. The first-order valence-corrected chi connectivity index (χ1v) is 10.7. The molecule has 0 spiro atoms. The third-order valence-corrected chi connectivity index (χ3v) is 5.11. The van der Waals surface area contributed by atoms with E-state index in [-0.39, 0.29) is 29.6 Å². The SMILES string of the molecule is CC(CC#N)N=C/C(NC(=O)c1cc(-c2ccn(C)n2)c(C(F)(F)F)cc1F)=C(\N)c1ccccc1. The molecular formula is C25H22F4N6O. The molecule has 1 aromatic heterocycles. The van der Waals surface area contributed by atoms with Gasteiger partial charge in [0.15, 0.2) is 0 Å². The predicted molar refractivity (Wildman–Crippen MR) is 127 cm³/mol. The third kappa shape index (κ3) is 6.15. The van der Waals surface area contributed by atoms with Crippen LogP contribution in [0.3, 0.4) is 0 Å². The maximum atomic E-state index is 14.8. The van der Waals surface area contributed by atoms with E-state index in [1.807, 2.05) is 6.07 Å². The number of nitrogens with two attached hydrogens (primary N) is 1. The van der Waals surface area contributed by atoms with Crippen LogP contribution in [0, 0.1) is 17.1 Å². The Hall–Kier alpha value is -4.46. The fourth-order valence-corrected chi connectivity index (χ4v) is 3.27. The van der Waals surface area contributed by atoms with E-state index in [9.17, 15) is 22.4 Å². The lowest BCUT2D eigenvalue weighted by Gasteiger charge is -2.15. The molecule has 1 amide bonds. The standard InChI is InChI=1S/C25H22F4N6O/c1-15(8-10-30)32-14-22(23(31)16-6-4-3-5-7-16)33-24(36)18-12-17(21-9-11-35(2)34-21)19(13-20(18)26)25(27,28)29/h3-7,9,11-15H,8,31H2,1-2H3,(H,33,36)/b23-22+,32-14?. The monoisotopic (exact) mass is 498 g/mol. The number of nitrogens with one attached hydrogen (secondary N) is 1. The summed E-state index contributed by atoms with van der Waals surface area (Å²) in [5.74, 6) is -2.40. The zero-order chi connectivity index (χ0) is 26.5. The van der Waals surface area contributed by atoms with Crippen LogP contribution in [0.5, 0.6) is 0 Å². The van der Waals surface area contributed by atoms with Gasteiger partial charge in [-0.15, -0.1) is 0 Å². The van der Waals surface area contributed by atoms with E-state index in [4.69, 9.17) is 11.0 Å². The summed E-state index contributed by atoms with van der Waals surface area (Å²) in [6.45, 7) is 1.67. The molecule has 186 valence electrons. The largest absolute Gasteiger partial charge is 0.417 e. The molecule has 0 saturated heterocycles. The first-order valence-electron chi connectivity index (χ1n) is 10.7. The zero-order valence-corrected chi connectivity index (χ0v) is 19.3. The molecule has 2 aromatic carbocycles. The number of carbonyl (C=O) groups excluding carboxylic acids is 1. The highest BCUT2D eigenvalue weighted by atomic mass is 19.4. The van der Waals surface area contributed by atoms with Gasteiger partial charge >= 0.3 is 6.18 Å². The van der Waals surface area contributed by atoms with Crippen LogP contribution in [0.1, 0.15) is 34.8 Å². The molecule has 1 unspecified atom stereocenters. The molecule has 7 nitrogen and oxygen atoms in total. The minimum absolute atomic E-state index is 0.00493. The van der Waals surface area contributed by atoms with Crippen molar-refractivity contribution in [3.8, 4) is 17.3 Å². The van der Waals surface area contributed by atoms with Crippen molar-refractivity contribution in [1.29, 1.82) is 5.26 Å². The van der Waals surface area contributed by atoms with Crippen LogP contribution < -0.4 is 11.1 Å². The molecule has 0 fully saturated rings. The van der Waals surface area contributed by atoms with Crippen molar-refractivity contribution in [2.45, 2.75) is 25.6 Å². The lowest BCUT2D eigenvalue weighted by molar-refractivity contribution is -0.137. The Morgan fingerprint density at radius 2 is 1.97 bits per heavy atom. The number of carbonyl (C=O) groups is 1. The molecule has 0 aliphatic heterocycles. The molecule has 0 aliphatic carbocycles. The minimum atomic E-state index is -4.88. The van der Waals surface area contributed by atoms with Crippen molar-refractivity contribution in [3.05, 3.63) is 82.9 Å². The number of aryl methyl sites for hydroxylation is 1. The Bertz CT molecular complexity index is 1350. The first-order chi connectivity index (χ1) is 17.0. The van der Waals surface area contributed by atoms with Crippen molar-refractivity contribution in [3.63, 3.8) is 0 Å². The van der Waals surface area contributed by atoms with E-state index in [0.29, 0.717) is 5.56 Å². The summed E-state index contributed by atoms with van der Waals surface area (Å²) < 4.78 is 57.0. The summed E-state index contributed by atoms with van der Waals surface area (Å²) in [4.78, 5) is 17.3. The van der Waals surface area contributed by atoms with Crippen LogP contribution in [-0.4, -0.2) is 27.9 Å². The summed E-state index contributed by atoms with van der Waals surface area (Å²) in [6, 6.07) is 12.5. The summed E-state index contributed by atoms with van der Waals surface area (Å²) >= 11 is 0. The number of hydrogen-bond acceptors (Lipinski definition) is 5. The number of aliphatic imine (C=N–C) groups is 1.